The van der Waals surface area contributed by atoms with Gasteiger partial charge in [0.05, 0.1) is 0 Å². The van der Waals surface area contributed by atoms with Crippen LogP contribution in [0.3, 0.4) is 0 Å². The maximum atomic E-state index is 11.8. The maximum absolute atomic E-state index is 11.8. The van der Waals surface area contributed by atoms with Crippen LogP contribution in [0, 0.1) is 0 Å². The average Bonchev–Trinajstić information content (AvgIpc) is 2.55. The third kappa shape index (κ3) is 6.43. The molecule has 2 aromatic rings. The van der Waals surface area contributed by atoms with Gasteiger partial charge in [0.15, 0.2) is 0 Å². The number of carbonyl (C=O) groups excluding carboxylic acids is 1. The first-order valence-electron chi connectivity index (χ1n) is 7.94. The second-order valence-electron chi connectivity index (χ2n) is 5.57. The minimum absolute atomic E-state index is 0.0692. The summed E-state index contributed by atoms with van der Waals surface area (Å²) in [5, 5.41) is 7.04. The molecule has 0 aliphatic carbocycles. The highest BCUT2D eigenvalue weighted by Crippen LogP contribution is 2.11. The largest absolute Gasteiger partial charge is 0.356 e. The highest BCUT2D eigenvalue weighted by molar-refractivity contribution is 6.30. The lowest BCUT2D eigenvalue weighted by molar-refractivity contribution is -0.120. The van der Waals surface area contributed by atoms with Crippen LogP contribution in [0.1, 0.15) is 30.5 Å². The molecule has 1 amide bonds. The van der Waals surface area contributed by atoms with E-state index in [1.807, 2.05) is 42.5 Å². The molecule has 0 aromatic heterocycles. The summed E-state index contributed by atoms with van der Waals surface area (Å²) >= 11 is 5.94. The van der Waals surface area contributed by atoms with Gasteiger partial charge < -0.3 is 10.6 Å². The van der Waals surface area contributed by atoms with E-state index in [0.29, 0.717) is 19.5 Å². The summed E-state index contributed by atoms with van der Waals surface area (Å²) < 4.78 is 0. The Kier molecular flexibility index (Phi) is 7.11. The summed E-state index contributed by atoms with van der Waals surface area (Å²) in [6.07, 6.45) is 1.27. The van der Waals surface area contributed by atoms with Crippen LogP contribution in [-0.4, -0.2) is 19.0 Å². The predicted molar refractivity (Wildman–Crippen MR) is 95.6 cm³/mol. The van der Waals surface area contributed by atoms with Crippen LogP contribution in [-0.2, 0) is 11.2 Å². The van der Waals surface area contributed by atoms with E-state index in [0.717, 1.165) is 17.0 Å². The smallest absolute Gasteiger partial charge is 0.221 e. The minimum atomic E-state index is 0.0692. The van der Waals surface area contributed by atoms with Crippen molar-refractivity contribution in [2.75, 3.05) is 13.1 Å². The van der Waals surface area contributed by atoms with E-state index in [-0.39, 0.29) is 11.9 Å². The van der Waals surface area contributed by atoms with E-state index >= 15 is 0 Å². The van der Waals surface area contributed by atoms with Gasteiger partial charge in [-0.05, 0) is 36.6 Å². The third-order valence-corrected chi connectivity index (χ3v) is 3.96. The Morgan fingerprint density at radius 3 is 2.61 bits per heavy atom. The molecule has 1 unspecified atom stereocenters. The number of amides is 1. The standard InChI is InChI=1S/C19H23ClN2O/c1-15(17-7-3-2-4-8-17)21-13-11-19(23)22-12-10-16-6-5-9-18(20)14-16/h2-9,14-15,21H,10-13H2,1H3,(H,22,23). The molecule has 0 heterocycles. The summed E-state index contributed by atoms with van der Waals surface area (Å²) in [6, 6.07) is 18.2. The minimum Gasteiger partial charge on any atom is -0.356 e. The Bertz CT molecular complexity index is 616. The predicted octanol–water partition coefficient (Wildman–Crippen LogP) is 3.74. The molecule has 0 bridgehead atoms. The number of hydrogen-bond acceptors (Lipinski definition) is 2. The topological polar surface area (TPSA) is 41.1 Å². The zero-order valence-corrected chi connectivity index (χ0v) is 14.1. The van der Waals surface area contributed by atoms with Gasteiger partial charge in [-0.3, -0.25) is 4.79 Å². The lowest BCUT2D eigenvalue weighted by Gasteiger charge is -2.14. The van der Waals surface area contributed by atoms with Crippen LogP contribution in [0.2, 0.25) is 5.02 Å². The van der Waals surface area contributed by atoms with Gasteiger partial charge in [-0.1, -0.05) is 54.1 Å². The fourth-order valence-electron chi connectivity index (χ4n) is 2.39. The van der Waals surface area contributed by atoms with Crippen molar-refractivity contribution in [3.8, 4) is 0 Å². The van der Waals surface area contributed by atoms with Gasteiger partial charge in [-0.15, -0.1) is 0 Å². The quantitative estimate of drug-likeness (QED) is 0.774. The number of benzene rings is 2. The van der Waals surface area contributed by atoms with Crippen molar-refractivity contribution in [3.05, 3.63) is 70.7 Å². The molecule has 2 rings (SSSR count). The Balaban J connectivity index is 1.62. The van der Waals surface area contributed by atoms with Crippen LogP contribution < -0.4 is 10.6 Å². The van der Waals surface area contributed by atoms with Gasteiger partial charge in [-0.2, -0.15) is 0 Å². The normalized spacial score (nSPS) is 11.9. The van der Waals surface area contributed by atoms with Crippen LogP contribution in [0.4, 0.5) is 0 Å². The molecule has 2 aromatic carbocycles. The van der Waals surface area contributed by atoms with E-state index in [2.05, 4.69) is 29.7 Å². The molecule has 3 nitrogen and oxygen atoms in total. The molecule has 0 radical (unpaired) electrons. The summed E-state index contributed by atoms with van der Waals surface area (Å²) in [7, 11) is 0. The number of nitrogens with one attached hydrogen (secondary N) is 2. The molecule has 0 saturated heterocycles. The zero-order valence-electron chi connectivity index (χ0n) is 13.4. The van der Waals surface area contributed by atoms with Gasteiger partial charge in [0.25, 0.3) is 0 Å². The maximum Gasteiger partial charge on any atom is 0.221 e. The van der Waals surface area contributed by atoms with Crippen molar-refractivity contribution in [1.29, 1.82) is 0 Å². The fourth-order valence-corrected chi connectivity index (χ4v) is 2.60. The molecule has 0 spiro atoms. The molecular weight excluding hydrogens is 308 g/mol. The van der Waals surface area contributed by atoms with Crippen LogP contribution in [0.15, 0.2) is 54.6 Å². The van der Waals surface area contributed by atoms with Gasteiger partial charge in [0.2, 0.25) is 5.91 Å². The molecule has 2 N–H and O–H groups in total. The molecule has 4 heteroatoms. The molecule has 0 saturated carbocycles. The summed E-state index contributed by atoms with van der Waals surface area (Å²) in [6.45, 7) is 3.40. The van der Waals surface area contributed by atoms with Crippen molar-refractivity contribution in [3.63, 3.8) is 0 Å². The van der Waals surface area contributed by atoms with Crippen molar-refractivity contribution in [1.82, 2.24) is 10.6 Å². The van der Waals surface area contributed by atoms with Gasteiger partial charge in [-0.25, -0.2) is 0 Å². The Hall–Kier alpha value is -1.84. The van der Waals surface area contributed by atoms with Crippen molar-refractivity contribution < 1.29 is 4.79 Å². The fraction of sp³-hybridized carbons (Fsp3) is 0.316. The van der Waals surface area contributed by atoms with E-state index in [1.165, 1.54) is 5.56 Å². The number of rotatable bonds is 8. The van der Waals surface area contributed by atoms with Crippen LogP contribution in [0.5, 0.6) is 0 Å². The van der Waals surface area contributed by atoms with Crippen molar-refractivity contribution in [2.24, 2.45) is 0 Å². The average molecular weight is 331 g/mol. The molecular formula is C19H23ClN2O. The Morgan fingerprint density at radius 2 is 1.87 bits per heavy atom. The van der Waals surface area contributed by atoms with Gasteiger partial charge in [0, 0.05) is 30.6 Å². The van der Waals surface area contributed by atoms with Gasteiger partial charge in [0.1, 0.15) is 0 Å². The van der Waals surface area contributed by atoms with Crippen LogP contribution >= 0.6 is 11.6 Å². The summed E-state index contributed by atoms with van der Waals surface area (Å²) in [5.74, 6) is 0.0692. The van der Waals surface area contributed by atoms with Crippen LogP contribution in [0.25, 0.3) is 0 Å². The molecule has 23 heavy (non-hydrogen) atoms. The Labute approximate surface area is 143 Å². The highest BCUT2D eigenvalue weighted by Gasteiger charge is 2.05. The SMILES string of the molecule is CC(NCCC(=O)NCCc1cccc(Cl)c1)c1ccccc1. The monoisotopic (exact) mass is 330 g/mol. The lowest BCUT2D eigenvalue weighted by Crippen LogP contribution is -2.30. The first-order chi connectivity index (χ1) is 11.1. The highest BCUT2D eigenvalue weighted by atomic mass is 35.5. The van der Waals surface area contributed by atoms with Gasteiger partial charge >= 0.3 is 0 Å². The van der Waals surface area contributed by atoms with E-state index in [9.17, 15) is 4.79 Å². The second kappa shape index (κ2) is 9.33. The number of carbonyl (C=O) groups is 1. The molecule has 122 valence electrons. The first kappa shape index (κ1) is 17.5. The number of halogens is 1. The molecule has 0 aliphatic heterocycles. The Morgan fingerprint density at radius 1 is 1.09 bits per heavy atom. The van der Waals surface area contributed by atoms with Crippen molar-refractivity contribution in [2.45, 2.75) is 25.8 Å². The van der Waals surface area contributed by atoms with Crippen molar-refractivity contribution >= 4 is 17.5 Å². The van der Waals surface area contributed by atoms with E-state index in [4.69, 9.17) is 11.6 Å². The molecule has 0 aliphatic rings. The van der Waals surface area contributed by atoms with E-state index < -0.39 is 0 Å². The molecule has 1 atom stereocenters. The lowest BCUT2D eigenvalue weighted by atomic mass is 10.1. The zero-order chi connectivity index (χ0) is 16.5. The second-order valence-corrected chi connectivity index (χ2v) is 6.00. The third-order valence-electron chi connectivity index (χ3n) is 3.73. The van der Waals surface area contributed by atoms with E-state index in [1.54, 1.807) is 0 Å². The summed E-state index contributed by atoms with van der Waals surface area (Å²) in [5.41, 5.74) is 2.36. The number of hydrogen-bond donors (Lipinski definition) is 2. The first-order valence-corrected chi connectivity index (χ1v) is 8.32. The molecule has 0 fully saturated rings. The summed E-state index contributed by atoms with van der Waals surface area (Å²) in [4.78, 5) is 11.8.